The summed E-state index contributed by atoms with van der Waals surface area (Å²) in [5, 5.41) is 0. The molecule has 0 aliphatic carbocycles. The maximum Gasteiger partial charge on any atom is 0.505 e. The molecule has 0 N–H and O–H groups in total. The van der Waals surface area contributed by atoms with E-state index in [2.05, 4.69) is 11.2 Å². The Bertz CT molecular complexity index is 572. The summed E-state index contributed by atoms with van der Waals surface area (Å²) in [6.45, 7) is 8.63. The third-order valence-corrected chi connectivity index (χ3v) is 7.63. The quantitative estimate of drug-likeness (QED) is 0.628. The molecule has 0 saturated heterocycles. The normalized spacial score (nSPS) is 14.8. The molecule has 0 aliphatic rings. The van der Waals surface area contributed by atoms with E-state index in [0.717, 1.165) is 0 Å². The van der Waals surface area contributed by atoms with E-state index in [-0.39, 0.29) is 10.9 Å². The van der Waals surface area contributed by atoms with Crippen LogP contribution in [0.25, 0.3) is 0 Å². The maximum absolute atomic E-state index is 11.9. The zero-order valence-corrected chi connectivity index (χ0v) is 16.1. The van der Waals surface area contributed by atoms with Gasteiger partial charge >= 0.3 is 8.80 Å². The van der Waals surface area contributed by atoms with Crippen molar-refractivity contribution in [2.24, 2.45) is 0 Å². The van der Waals surface area contributed by atoms with Gasteiger partial charge in [0.25, 0.3) is 0 Å². The summed E-state index contributed by atoms with van der Waals surface area (Å²) in [6, 6.07) is 5.56. The van der Waals surface area contributed by atoms with Gasteiger partial charge in [0.2, 0.25) is 0 Å². The lowest BCUT2D eigenvalue weighted by Gasteiger charge is -2.30. The molecular formula is C14H23O5S2Si-. The van der Waals surface area contributed by atoms with Crippen molar-refractivity contribution in [1.82, 2.24) is 0 Å². The van der Waals surface area contributed by atoms with Crippen molar-refractivity contribution in [1.29, 1.82) is 0 Å². The Morgan fingerprint density at radius 3 is 2.05 bits per heavy atom. The minimum atomic E-state index is -3.74. The molecule has 1 aromatic carbocycles. The third kappa shape index (κ3) is 5.09. The summed E-state index contributed by atoms with van der Waals surface area (Å²) in [5.41, 5.74) is 1.22. The molecule has 1 rings (SSSR count). The molecule has 22 heavy (non-hydrogen) atoms. The molecule has 0 saturated carbocycles. The van der Waals surface area contributed by atoms with E-state index < -0.39 is 17.6 Å². The van der Waals surface area contributed by atoms with E-state index in [0.29, 0.717) is 30.9 Å². The molecule has 0 spiro atoms. The minimum Gasteiger partial charge on any atom is -0.766 e. The molecule has 0 bridgehead atoms. The fraction of sp³-hybridized carbons (Fsp3) is 0.571. The Kier molecular flexibility index (Phi) is 7.60. The molecule has 0 heterocycles. The van der Waals surface area contributed by atoms with Crippen LogP contribution in [0.3, 0.4) is 0 Å². The van der Waals surface area contributed by atoms with Crippen LogP contribution in [0.2, 0.25) is 0 Å². The maximum atomic E-state index is 11.9. The molecule has 1 aromatic rings. The molecule has 5 nitrogen and oxygen atoms in total. The van der Waals surface area contributed by atoms with Gasteiger partial charge in [0.1, 0.15) is 0 Å². The van der Waals surface area contributed by atoms with Gasteiger partial charge in [0, 0.05) is 30.8 Å². The van der Waals surface area contributed by atoms with Crippen LogP contribution in [0.1, 0.15) is 31.9 Å². The first-order valence-electron chi connectivity index (χ1n) is 7.25. The monoisotopic (exact) mass is 363 g/mol. The Labute approximate surface area is 138 Å². The molecule has 8 heteroatoms. The van der Waals surface area contributed by atoms with Gasteiger partial charge in [-0.3, -0.25) is 4.21 Å². The Morgan fingerprint density at radius 1 is 1.14 bits per heavy atom. The standard InChI is InChI=1S/C14H24O5S2Si/c1-5-17-22(18-6-2,19-7-3)11-13-10-8-9-12(4)14(13)21(15,16)20/h8-10H,5-7,11H2,1-4H3,(H,15,16,20)/p-1. The second-order valence-corrected chi connectivity index (χ2v) is 9.89. The number of rotatable bonds is 9. The average Bonchev–Trinajstić information content (AvgIpc) is 2.38. The van der Waals surface area contributed by atoms with E-state index in [4.69, 9.17) is 13.3 Å². The largest absolute Gasteiger partial charge is 0.766 e. The van der Waals surface area contributed by atoms with Crippen LogP contribution in [0.4, 0.5) is 0 Å². The highest BCUT2D eigenvalue weighted by Gasteiger charge is 2.41. The lowest BCUT2D eigenvalue weighted by atomic mass is 10.2. The van der Waals surface area contributed by atoms with Gasteiger partial charge in [0.05, 0.1) is 0 Å². The SMILES string of the molecule is CCO[Si](Cc1cccc(C)c1S(=O)([O-])=S)(OCC)OCC. The van der Waals surface area contributed by atoms with Crippen molar-refractivity contribution >= 4 is 28.8 Å². The van der Waals surface area contributed by atoms with Gasteiger partial charge in [0.15, 0.2) is 0 Å². The van der Waals surface area contributed by atoms with E-state index >= 15 is 0 Å². The van der Waals surface area contributed by atoms with E-state index in [1.54, 1.807) is 25.1 Å². The summed E-state index contributed by atoms with van der Waals surface area (Å²) < 4.78 is 41.2. The Balaban J connectivity index is 3.32. The summed E-state index contributed by atoms with van der Waals surface area (Å²) >= 11 is 4.67. The number of benzene rings is 1. The molecule has 126 valence electrons. The third-order valence-electron chi connectivity index (χ3n) is 3.04. The highest BCUT2D eigenvalue weighted by molar-refractivity contribution is 8.29. The molecule has 1 unspecified atom stereocenters. The fourth-order valence-corrected chi connectivity index (χ4v) is 6.79. The van der Waals surface area contributed by atoms with Gasteiger partial charge in [-0.1, -0.05) is 18.2 Å². The van der Waals surface area contributed by atoms with Gasteiger partial charge in [-0.05, 0) is 58.8 Å². The molecule has 0 fully saturated rings. The average molecular weight is 364 g/mol. The van der Waals surface area contributed by atoms with Crippen molar-refractivity contribution in [3.05, 3.63) is 29.3 Å². The van der Waals surface area contributed by atoms with Crippen LogP contribution in [0.15, 0.2) is 23.1 Å². The van der Waals surface area contributed by atoms with E-state index in [1.807, 2.05) is 20.8 Å². The van der Waals surface area contributed by atoms with Crippen LogP contribution in [-0.2, 0) is 39.3 Å². The van der Waals surface area contributed by atoms with Gasteiger partial charge < -0.3 is 17.8 Å². The molecular weight excluding hydrogens is 340 g/mol. The van der Waals surface area contributed by atoms with Crippen LogP contribution in [0.5, 0.6) is 0 Å². The molecule has 0 radical (unpaired) electrons. The Morgan fingerprint density at radius 2 is 1.64 bits per heavy atom. The summed E-state index contributed by atoms with van der Waals surface area (Å²) in [5.74, 6) is 0. The van der Waals surface area contributed by atoms with Crippen molar-refractivity contribution in [3.8, 4) is 0 Å². The first-order valence-corrected chi connectivity index (χ1v) is 11.6. The number of aryl methyl sites for hydroxylation is 1. The van der Waals surface area contributed by atoms with Gasteiger partial charge in [-0.15, -0.1) is 0 Å². The highest BCUT2D eigenvalue weighted by Crippen LogP contribution is 2.25. The van der Waals surface area contributed by atoms with Gasteiger partial charge in [-0.25, -0.2) is 0 Å². The second-order valence-electron chi connectivity index (χ2n) is 4.68. The smallest absolute Gasteiger partial charge is 0.505 e. The van der Waals surface area contributed by atoms with Crippen LogP contribution < -0.4 is 0 Å². The fourth-order valence-electron chi connectivity index (χ4n) is 2.38. The van der Waals surface area contributed by atoms with Crippen molar-refractivity contribution in [2.45, 2.75) is 38.6 Å². The number of hydrogen-bond acceptors (Lipinski definition) is 6. The number of hydrogen-bond donors (Lipinski definition) is 0. The predicted molar refractivity (Wildman–Crippen MR) is 90.1 cm³/mol. The van der Waals surface area contributed by atoms with Crippen molar-refractivity contribution < 1.29 is 22.0 Å². The highest BCUT2D eigenvalue weighted by atomic mass is 32.8. The lowest BCUT2D eigenvalue weighted by Crippen LogP contribution is -2.49. The first-order chi connectivity index (χ1) is 10.3. The predicted octanol–water partition coefficient (Wildman–Crippen LogP) is 2.36. The topological polar surface area (TPSA) is 67.8 Å². The van der Waals surface area contributed by atoms with E-state index in [9.17, 15) is 8.76 Å². The zero-order valence-electron chi connectivity index (χ0n) is 13.4. The second kappa shape index (κ2) is 8.49. The Hall–Kier alpha value is -0.353. The van der Waals surface area contributed by atoms with Crippen molar-refractivity contribution in [3.63, 3.8) is 0 Å². The molecule has 0 aromatic heterocycles. The summed E-state index contributed by atoms with van der Waals surface area (Å²) in [7, 11) is -6.72. The van der Waals surface area contributed by atoms with E-state index in [1.165, 1.54) is 0 Å². The van der Waals surface area contributed by atoms with Crippen molar-refractivity contribution in [2.75, 3.05) is 19.8 Å². The summed E-state index contributed by atoms with van der Waals surface area (Å²) in [6.07, 6.45) is 0. The molecule has 1 atom stereocenters. The molecule has 0 aliphatic heterocycles. The van der Waals surface area contributed by atoms with Crippen LogP contribution >= 0.6 is 0 Å². The first kappa shape index (κ1) is 19.7. The lowest BCUT2D eigenvalue weighted by molar-refractivity contribution is 0.0702. The summed E-state index contributed by atoms with van der Waals surface area (Å²) in [4.78, 5) is 0.168. The van der Waals surface area contributed by atoms with Gasteiger partial charge in [-0.2, -0.15) is 0 Å². The van der Waals surface area contributed by atoms with Crippen LogP contribution in [0, 0.1) is 6.92 Å². The van der Waals surface area contributed by atoms with Crippen LogP contribution in [-0.4, -0.2) is 37.4 Å². The minimum absolute atomic E-state index is 0.168. The zero-order chi connectivity index (χ0) is 16.8. The molecule has 0 amide bonds.